The SMILES string of the molecule is NCc1nc(CC(=O)NCc2ccc(S(N)(=O)=O)cc2)cs1. The van der Waals surface area contributed by atoms with Gasteiger partial charge in [0.2, 0.25) is 15.9 Å². The van der Waals surface area contributed by atoms with Crippen molar-refractivity contribution in [2.45, 2.75) is 24.4 Å². The fourth-order valence-corrected chi connectivity index (χ4v) is 2.94. The zero-order chi connectivity index (χ0) is 16.2. The van der Waals surface area contributed by atoms with Crippen molar-refractivity contribution in [2.24, 2.45) is 10.9 Å². The van der Waals surface area contributed by atoms with Crippen molar-refractivity contribution < 1.29 is 13.2 Å². The van der Waals surface area contributed by atoms with Crippen LogP contribution in [0.5, 0.6) is 0 Å². The molecule has 0 unspecified atom stereocenters. The van der Waals surface area contributed by atoms with Gasteiger partial charge in [0.05, 0.1) is 17.0 Å². The van der Waals surface area contributed by atoms with Crippen LogP contribution < -0.4 is 16.2 Å². The number of amides is 1. The summed E-state index contributed by atoms with van der Waals surface area (Å²) in [6, 6.07) is 6.03. The largest absolute Gasteiger partial charge is 0.352 e. The molecule has 0 saturated carbocycles. The number of sulfonamides is 1. The summed E-state index contributed by atoms with van der Waals surface area (Å²) < 4.78 is 22.3. The van der Waals surface area contributed by atoms with Crippen molar-refractivity contribution in [1.29, 1.82) is 0 Å². The van der Waals surface area contributed by atoms with E-state index in [2.05, 4.69) is 10.3 Å². The Hall–Kier alpha value is -1.81. The highest BCUT2D eigenvalue weighted by molar-refractivity contribution is 7.89. The molecule has 118 valence electrons. The van der Waals surface area contributed by atoms with Gasteiger partial charge in [-0.25, -0.2) is 18.5 Å². The first-order chi connectivity index (χ1) is 10.4. The van der Waals surface area contributed by atoms with Crippen LogP contribution in [-0.2, 0) is 34.3 Å². The van der Waals surface area contributed by atoms with Crippen LogP contribution in [-0.4, -0.2) is 19.3 Å². The molecule has 9 heteroatoms. The maximum atomic E-state index is 11.8. The third-order valence-electron chi connectivity index (χ3n) is 2.86. The Kier molecular flexibility index (Phi) is 5.24. The molecule has 1 amide bonds. The van der Waals surface area contributed by atoms with Crippen LogP contribution >= 0.6 is 11.3 Å². The molecular formula is C13H16N4O3S2. The highest BCUT2D eigenvalue weighted by atomic mass is 32.2. The van der Waals surface area contributed by atoms with E-state index in [4.69, 9.17) is 10.9 Å². The third-order valence-corrected chi connectivity index (χ3v) is 4.71. The van der Waals surface area contributed by atoms with Crippen molar-refractivity contribution in [3.8, 4) is 0 Å². The maximum Gasteiger partial charge on any atom is 0.238 e. The van der Waals surface area contributed by atoms with Gasteiger partial charge in [-0.1, -0.05) is 12.1 Å². The molecule has 0 aliphatic carbocycles. The lowest BCUT2D eigenvalue weighted by molar-refractivity contribution is -0.120. The fraction of sp³-hybridized carbons (Fsp3) is 0.231. The molecule has 5 N–H and O–H groups in total. The number of carbonyl (C=O) groups excluding carboxylic acids is 1. The summed E-state index contributed by atoms with van der Waals surface area (Å²) in [6.07, 6.45) is 0.186. The summed E-state index contributed by atoms with van der Waals surface area (Å²) in [7, 11) is -3.70. The molecule has 0 radical (unpaired) electrons. The van der Waals surface area contributed by atoms with Crippen LogP contribution in [0.1, 0.15) is 16.3 Å². The van der Waals surface area contributed by atoms with E-state index < -0.39 is 10.0 Å². The van der Waals surface area contributed by atoms with Gasteiger partial charge >= 0.3 is 0 Å². The van der Waals surface area contributed by atoms with Gasteiger partial charge in [-0.2, -0.15) is 0 Å². The second kappa shape index (κ2) is 6.97. The first-order valence-corrected chi connectivity index (χ1v) is 8.83. The van der Waals surface area contributed by atoms with Crippen molar-refractivity contribution in [3.63, 3.8) is 0 Å². The van der Waals surface area contributed by atoms with Crippen LogP contribution in [0.15, 0.2) is 34.5 Å². The predicted molar refractivity (Wildman–Crippen MR) is 83.4 cm³/mol. The molecular weight excluding hydrogens is 324 g/mol. The molecule has 1 aromatic carbocycles. The second-order valence-electron chi connectivity index (χ2n) is 4.58. The Morgan fingerprint density at radius 3 is 2.50 bits per heavy atom. The molecule has 0 atom stereocenters. The Morgan fingerprint density at radius 2 is 1.95 bits per heavy atom. The van der Waals surface area contributed by atoms with Gasteiger partial charge in [0.15, 0.2) is 0 Å². The number of rotatable bonds is 6. The van der Waals surface area contributed by atoms with Crippen molar-refractivity contribution in [2.75, 3.05) is 0 Å². The minimum Gasteiger partial charge on any atom is -0.352 e. The lowest BCUT2D eigenvalue weighted by Gasteiger charge is -2.05. The molecule has 0 fully saturated rings. The van der Waals surface area contributed by atoms with Crippen LogP contribution in [0.2, 0.25) is 0 Å². The number of benzene rings is 1. The molecule has 1 heterocycles. The average molecular weight is 340 g/mol. The second-order valence-corrected chi connectivity index (χ2v) is 7.08. The smallest absolute Gasteiger partial charge is 0.238 e. The number of nitrogens with one attached hydrogen (secondary N) is 1. The van der Waals surface area contributed by atoms with E-state index in [1.54, 1.807) is 12.1 Å². The van der Waals surface area contributed by atoms with E-state index in [1.807, 2.05) is 5.38 Å². The quantitative estimate of drug-likeness (QED) is 0.687. The topological polar surface area (TPSA) is 128 Å². The van der Waals surface area contributed by atoms with Gasteiger partial charge in [-0.05, 0) is 17.7 Å². The first-order valence-electron chi connectivity index (χ1n) is 6.40. The predicted octanol–water partition coefficient (Wildman–Crippen LogP) is 0.108. The monoisotopic (exact) mass is 340 g/mol. The van der Waals surface area contributed by atoms with Gasteiger partial charge in [0, 0.05) is 18.5 Å². The van der Waals surface area contributed by atoms with E-state index >= 15 is 0 Å². The molecule has 22 heavy (non-hydrogen) atoms. The zero-order valence-corrected chi connectivity index (χ0v) is 13.3. The minimum atomic E-state index is -3.70. The lowest BCUT2D eigenvalue weighted by atomic mass is 10.2. The van der Waals surface area contributed by atoms with E-state index in [0.717, 1.165) is 10.6 Å². The third kappa shape index (κ3) is 4.60. The van der Waals surface area contributed by atoms with E-state index in [-0.39, 0.29) is 17.2 Å². The molecule has 1 aromatic heterocycles. The zero-order valence-electron chi connectivity index (χ0n) is 11.7. The molecule has 0 bridgehead atoms. The first kappa shape index (κ1) is 16.6. The van der Waals surface area contributed by atoms with Crippen LogP contribution in [0.4, 0.5) is 0 Å². The molecule has 0 aliphatic rings. The summed E-state index contributed by atoms with van der Waals surface area (Å²) in [6.45, 7) is 0.667. The molecule has 2 aromatic rings. The number of nitrogens with zero attached hydrogens (tertiary/aromatic N) is 1. The number of nitrogens with two attached hydrogens (primary N) is 2. The fourth-order valence-electron chi connectivity index (χ4n) is 1.75. The number of thiazole rings is 1. The van der Waals surface area contributed by atoms with E-state index in [0.29, 0.717) is 18.8 Å². The van der Waals surface area contributed by atoms with Crippen molar-refractivity contribution in [3.05, 3.63) is 45.9 Å². The Morgan fingerprint density at radius 1 is 1.27 bits per heavy atom. The van der Waals surface area contributed by atoms with Gasteiger partial charge in [-0.3, -0.25) is 4.79 Å². The summed E-state index contributed by atoms with van der Waals surface area (Å²) in [5.41, 5.74) is 6.93. The Labute approximate surface area is 132 Å². The Bertz CT molecular complexity index is 754. The normalized spacial score (nSPS) is 11.4. The lowest BCUT2D eigenvalue weighted by Crippen LogP contribution is -2.24. The van der Waals surface area contributed by atoms with Gasteiger partial charge in [-0.15, -0.1) is 11.3 Å². The number of hydrogen-bond donors (Lipinski definition) is 3. The van der Waals surface area contributed by atoms with Crippen LogP contribution in [0, 0.1) is 0 Å². The standard InChI is InChI=1S/C13H16N4O3S2/c14-6-13-17-10(8-21-13)5-12(18)16-7-9-1-3-11(4-2-9)22(15,19)20/h1-4,8H,5-7,14H2,(H,16,18)(H2,15,19,20). The summed E-state index contributed by atoms with van der Waals surface area (Å²) in [5, 5.41) is 10.4. The van der Waals surface area contributed by atoms with Gasteiger partial charge in [0.1, 0.15) is 5.01 Å². The number of carbonyl (C=O) groups is 1. The highest BCUT2D eigenvalue weighted by Gasteiger charge is 2.09. The number of primary sulfonamides is 1. The summed E-state index contributed by atoms with van der Waals surface area (Å²) in [5.74, 6) is -0.163. The molecule has 0 aliphatic heterocycles. The van der Waals surface area contributed by atoms with E-state index in [1.165, 1.54) is 23.5 Å². The molecule has 0 saturated heterocycles. The maximum absolute atomic E-state index is 11.8. The summed E-state index contributed by atoms with van der Waals surface area (Å²) in [4.78, 5) is 16.1. The van der Waals surface area contributed by atoms with Crippen LogP contribution in [0.3, 0.4) is 0 Å². The van der Waals surface area contributed by atoms with Crippen LogP contribution in [0.25, 0.3) is 0 Å². The number of aromatic nitrogens is 1. The molecule has 2 rings (SSSR count). The molecule has 0 spiro atoms. The average Bonchev–Trinajstić information content (AvgIpc) is 2.92. The summed E-state index contributed by atoms with van der Waals surface area (Å²) >= 11 is 1.43. The number of hydrogen-bond acceptors (Lipinski definition) is 6. The van der Waals surface area contributed by atoms with Gasteiger partial charge < -0.3 is 11.1 Å². The highest BCUT2D eigenvalue weighted by Crippen LogP contribution is 2.10. The van der Waals surface area contributed by atoms with Gasteiger partial charge in [0.25, 0.3) is 0 Å². The van der Waals surface area contributed by atoms with Crippen molar-refractivity contribution >= 4 is 27.3 Å². The molecule has 7 nitrogen and oxygen atoms in total. The van der Waals surface area contributed by atoms with Crippen molar-refractivity contribution in [1.82, 2.24) is 10.3 Å². The Balaban J connectivity index is 1.88. The minimum absolute atomic E-state index is 0.0411. The van der Waals surface area contributed by atoms with E-state index in [9.17, 15) is 13.2 Å².